The van der Waals surface area contributed by atoms with Crippen LogP contribution in [0.15, 0.2) is 34.6 Å². The number of hydrogen-bond donors (Lipinski definition) is 1. The second kappa shape index (κ2) is 4.63. The van der Waals surface area contributed by atoms with Gasteiger partial charge in [0, 0.05) is 11.9 Å². The van der Waals surface area contributed by atoms with Gasteiger partial charge in [0.15, 0.2) is 5.16 Å². The summed E-state index contributed by atoms with van der Waals surface area (Å²) in [6.45, 7) is -0.176. The van der Waals surface area contributed by atoms with Gasteiger partial charge in [0.1, 0.15) is 12.1 Å². The summed E-state index contributed by atoms with van der Waals surface area (Å²) in [7, 11) is 1.81. The Morgan fingerprint density at radius 2 is 2.25 bits per heavy atom. The zero-order valence-corrected chi connectivity index (χ0v) is 9.41. The first kappa shape index (κ1) is 11.1. The Morgan fingerprint density at radius 3 is 2.88 bits per heavy atom. The van der Waals surface area contributed by atoms with Gasteiger partial charge in [0.05, 0.1) is 6.61 Å². The summed E-state index contributed by atoms with van der Waals surface area (Å²) in [6.07, 6.45) is 1.58. The summed E-state index contributed by atoms with van der Waals surface area (Å²) >= 11 is 1.30. The molecule has 0 atom stereocenters. The molecule has 0 radical (unpaired) electrons. The summed E-state index contributed by atoms with van der Waals surface area (Å²) in [4.78, 5) is 0.695. The van der Waals surface area contributed by atoms with Gasteiger partial charge in [0.2, 0.25) is 0 Å². The first-order chi connectivity index (χ1) is 7.69. The molecule has 0 unspecified atom stereocenters. The van der Waals surface area contributed by atoms with Crippen molar-refractivity contribution >= 4 is 11.8 Å². The van der Waals surface area contributed by atoms with Crippen molar-refractivity contribution < 1.29 is 9.50 Å². The summed E-state index contributed by atoms with van der Waals surface area (Å²) in [5.41, 5.74) is 0.546. The lowest BCUT2D eigenvalue weighted by molar-refractivity contribution is 0.281. The third kappa shape index (κ3) is 2.40. The van der Waals surface area contributed by atoms with Crippen LogP contribution < -0.4 is 0 Å². The molecule has 4 nitrogen and oxygen atoms in total. The van der Waals surface area contributed by atoms with E-state index >= 15 is 0 Å². The molecule has 1 aromatic heterocycles. The highest BCUT2D eigenvalue weighted by Gasteiger charge is 2.06. The number of aromatic nitrogens is 3. The molecule has 6 heteroatoms. The monoisotopic (exact) mass is 239 g/mol. The van der Waals surface area contributed by atoms with Crippen molar-refractivity contribution in [2.45, 2.75) is 16.7 Å². The molecule has 0 spiro atoms. The number of benzene rings is 1. The smallest absolute Gasteiger partial charge is 0.195 e. The van der Waals surface area contributed by atoms with Crippen LogP contribution in [0.1, 0.15) is 5.56 Å². The highest BCUT2D eigenvalue weighted by molar-refractivity contribution is 7.99. The molecule has 0 aliphatic heterocycles. The highest BCUT2D eigenvalue weighted by atomic mass is 32.2. The van der Waals surface area contributed by atoms with Crippen molar-refractivity contribution in [2.75, 3.05) is 0 Å². The first-order valence-corrected chi connectivity index (χ1v) is 5.43. The number of halogens is 1. The molecule has 2 aromatic rings. The van der Waals surface area contributed by atoms with E-state index in [1.54, 1.807) is 17.0 Å². The SMILES string of the molecule is Cn1cnnc1Sc1cc(F)cc(CO)c1. The van der Waals surface area contributed by atoms with Gasteiger partial charge in [-0.25, -0.2) is 4.39 Å². The van der Waals surface area contributed by atoms with Crippen LogP contribution in [0.2, 0.25) is 0 Å². The molecule has 84 valence electrons. The van der Waals surface area contributed by atoms with Gasteiger partial charge in [-0.15, -0.1) is 10.2 Å². The number of aliphatic hydroxyl groups excluding tert-OH is 1. The van der Waals surface area contributed by atoms with Crippen LogP contribution in [-0.2, 0) is 13.7 Å². The van der Waals surface area contributed by atoms with E-state index in [0.717, 1.165) is 0 Å². The van der Waals surface area contributed by atoms with E-state index < -0.39 is 0 Å². The fraction of sp³-hybridized carbons (Fsp3) is 0.200. The molecule has 0 saturated heterocycles. The summed E-state index contributed by atoms with van der Waals surface area (Å²) in [5.74, 6) is -0.365. The number of nitrogens with zero attached hydrogens (tertiary/aromatic N) is 3. The Morgan fingerprint density at radius 1 is 1.44 bits per heavy atom. The summed E-state index contributed by atoms with van der Waals surface area (Å²) in [5, 5.41) is 17.3. The van der Waals surface area contributed by atoms with Gasteiger partial charge in [0.25, 0.3) is 0 Å². The van der Waals surface area contributed by atoms with Crippen molar-refractivity contribution in [3.05, 3.63) is 35.9 Å². The number of hydrogen-bond acceptors (Lipinski definition) is 4. The average Bonchev–Trinajstić information content (AvgIpc) is 2.63. The third-order valence-electron chi connectivity index (χ3n) is 1.99. The van der Waals surface area contributed by atoms with Crippen molar-refractivity contribution in [1.29, 1.82) is 0 Å². The normalized spacial score (nSPS) is 10.7. The van der Waals surface area contributed by atoms with Crippen LogP contribution in [0.5, 0.6) is 0 Å². The van der Waals surface area contributed by atoms with Gasteiger partial charge >= 0.3 is 0 Å². The minimum absolute atomic E-state index is 0.176. The molecule has 16 heavy (non-hydrogen) atoms. The van der Waals surface area contributed by atoms with E-state index in [4.69, 9.17) is 5.11 Å². The lowest BCUT2D eigenvalue weighted by Gasteiger charge is -2.03. The third-order valence-corrected chi connectivity index (χ3v) is 3.02. The fourth-order valence-corrected chi connectivity index (χ4v) is 2.11. The fourth-order valence-electron chi connectivity index (χ4n) is 1.24. The van der Waals surface area contributed by atoms with Crippen LogP contribution in [0.25, 0.3) is 0 Å². The maximum atomic E-state index is 13.2. The lowest BCUT2D eigenvalue weighted by Crippen LogP contribution is -1.90. The zero-order valence-electron chi connectivity index (χ0n) is 8.59. The lowest BCUT2D eigenvalue weighted by atomic mass is 10.2. The van der Waals surface area contributed by atoms with Gasteiger partial charge < -0.3 is 9.67 Å². The van der Waals surface area contributed by atoms with Crippen molar-refractivity contribution in [3.8, 4) is 0 Å². The second-order valence-corrected chi connectivity index (χ2v) is 4.32. The molecule has 0 saturated carbocycles. The largest absolute Gasteiger partial charge is 0.392 e. The Labute approximate surface area is 96.1 Å². The number of aryl methyl sites for hydroxylation is 1. The van der Waals surface area contributed by atoms with E-state index in [9.17, 15) is 4.39 Å². The molecule has 2 rings (SSSR count). The molecular formula is C10H10FN3OS. The van der Waals surface area contributed by atoms with E-state index in [-0.39, 0.29) is 12.4 Å². The topological polar surface area (TPSA) is 50.9 Å². The molecule has 1 aromatic carbocycles. The average molecular weight is 239 g/mol. The van der Waals surface area contributed by atoms with Gasteiger partial charge in [-0.3, -0.25) is 0 Å². The molecular weight excluding hydrogens is 229 g/mol. The maximum Gasteiger partial charge on any atom is 0.195 e. The molecule has 0 fully saturated rings. The van der Waals surface area contributed by atoms with Gasteiger partial charge in [-0.2, -0.15) is 0 Å². The van der Waals surface area contributed by atoms with E-state index in [1.807, 2.05) is 7.05 Å². The van der Waals surface area contributed by atoms with E-state index in [2.05, 4.69) is 10.2 Å². The Bertz CT molecular complexity index is 501. The van der Waals surface area contributed by atoms with Crippen LogP contribution in [0.4, 0.5) is 4.39 Å². The Hall–Kier alpha value is -1.40. The van der Waals surface area contributed by atoms with Crippen molar-refractivity contribution in [3.63, 3.8) is 0 Å². The van der Waals surface area contributed by atoms with E-state index in [0.29, 0.717) is 15.6 Å². The number of rotatable bonds is 3. The van der Waals surface area contributed by atoms with Crippen LogP contribution in [-0.4, -0.2) is 19.9 Å². The Kier molecular flexibility index (Phi) is 3.21. The predicted molar refractivity (Wildman–Crippen MR) is 57.4 cm³/mol. The molecule has 0 amide bonds. The molecule has 0 aliphatic rings. The maximum absolute atomic E-state index is 13.2. The predicted octanol–water partition coefficient (Wildman–Crippen LogP) is 1.60. The summed E-state index contributed by atoms with van der Waals surface area (Å²) < 4.78 is 14.9. The quantitative estimate of drug-likeness (QED) is 0.883. The summed E-state index contributed by atoms with van der Waals surface area (Å²) in [6, 6.07) is 4.43. The molecule has 0 aliphatic carbocycles. The molecule has 1 heterocycles. The number of aliphatic hydroxyl groups is 1. The van der Waals surface area contributed by atoms with Gasteiger partial charge in [-0.05, 0) is 35.5 Å². The van der Waals surface area contributed by atoms with Crippen LogP contribution >= 0.6 is 11.8 Å². The van der Waals surface area contributed by atoms with Crippen molar-refractivity contribution in [1.82, 2.24) is 14.8 Å². The van der Waals surface area contributed by atoms with E-state index in [1.165, 1.54) is 23.9 Å². The zero-order chi connectivity index (χ0) is 11.5. The van der Waals surface area contributed by atoms with Gasteiger partial charge in [-0.1, -0.05) is 0 Å². The molecule has 1 N–H and O–H groups in total. The first-order valence-electron chi connectivity index (χ1n) is 4.61. The minimum Gasteiger partial charge on any atom is -0.392 e. The highest BCUT2D eigenvalue weighted by Crippen LogP contribution is 2.26. The standard InChI is InChI=1S/C10H10FN3OS/c1-14-6-12-13-10(14)16-9-3-7(5-15)2-8(11)4-9/h2-4,6,15H,5H2,1H3. The molecule has 0 bridgehead atoms. The van der Waals surface area contributed by atoms with Crippen LogP contribution in [0, 0.1) is 5.82 Å². The second-order valence-electron chi connectivity index (χ2n) is 3.28. The van der Waals surface area contributed by atoms with Crippen molar-refractivity contribution in [2.24, 2.45) is 7.05 Å². The van der Waals surface area contributed by atoms with Crippen LogP contribution in [0.3, 0.4) is 0 Å². The minimum atomic E-state index is -0.365. The Balaban J connectivity index is 2.28.